The van der Waals surface area contributed by atoms with Crippen LogP contribution in [0.25, 0.3) is 0 Å². The first-order valence-electron chi connectivity index (χ1n) is 5.57. The van der Waals surface area contributed by atoms with Crippen LogP contribution in [0.3, 0.4) is 0 Å². The Bertz CT molecular complexity index is 136. The Morgan fingerprint density at radius 1 is 1.13 bits per heavy atom. The highest BCUT2D eigenvalue weighted by Gasteiger charge is 2.19. The van der Waals surface area contributed by atoms with Crippen LogP contribution < -0.4 is 0 Å². The van der Waals surface area contributed by atoms with Crippen LogP contribution in [0.1, 0.15) is 20.3 Å². The average molecular weight is 219 g/mol. The van der Waals surface area contributed by atoms with Crippen molar-refractivity contribution >= 4 is 0 Å². The molecule has 0 aromatic rings. The Hall–Kier alpha value is -0.160. The van der Waals surface area contributed by atoms with E-state index in [1.54, 1.807) is 14.2 Å². The number of aliphatic hydroxyl groups is 1. The summed E-state index contributed by atoms with van der Waals surface area (Å²) in [6.45, 7) is 7.07. The zero-order valence-corrected chi connectivity index (χ0v) is 10.4. The van der Waals surface area contributed by atoms with Crippen LogP contribution in [0.5, 0.6) is 0 Å². The maximum atomic E-state index is 9.77. The van der Waals surface area contributed by atoms with Crippen molar-refractivity contribution in [1.29, 1.82) is 0 Å². The molecule has 0 aliphatic rings. The topological polar surface area (TPSA) is 41.9 Å². The number of hydrogen-bond donors (Lipinski definition) is 1. The molecule has 1 N–H and O–H groups in total. The lowest BCUT2D eigenvalue weighted by atomic mass is 10.1. The van der Waals surface area contributed by atoms with Crippen molar-refractivity contribution in [2.45, 2.75) is 32.4 Å². The summed E-state index contributed by atoms with van der Waals surface area (Å²) in [4.78, 5) is 2.20. The summed E-state index contributed by atoms with van der Waals surface area (Å²) in [6.07, 6.45) is 0.496. The normalized spacial score (nSPS) is 15.6. The van der Waals surface area contributed by atoms with Crippen molar-refractivity contribution in [1.82, 2.24) is 4.90 Å². The highest BCUT2D eigenvalue weighted by Crippen LogP contribution is 2.07. The summed E-state index contributed by atoms with van der Waals surface area (Å²) in [6, 6.07) is 0.153. The summed E-state index contributed by atoms with van der Waals surface area (Å²) in [7, 11) is 3.38. The van der Waals surface area contributed by atoms with Gasteiger partial charge in [-0.25, -0.2) is 0 Å². The van der Waals surface area contributed by atoms with Gasteiger partial charge in [0.25, 0.3) is 0 Å². The fourth-order valence-electron chi connectivity index (χ4n) is 1.52. The number of nitrogens with zero attached hydrogens (tertiary/aromatic N) is 1. The van der Waals surface area contributed by atoms with E-state index in [0.29, 0.717) is 13.2 Å². The van der Waals surface area contributed by atoms with Crippen molar-refractivity contribution < 1.29 is 14.6 Å². The van der Waals surface area contributed by atoms with E-state index in [2.05, 4.69) is 4.90 Å². The van der Waals surface area contributed by atoms with E-state index in [4.69, 9.17) is 9.47 Å². The van der Waals surface area contributed by atoms with E-state index in [0.717, 1.165) is 19.5 Å². The lowest BCUT2D eigenvalue weighted by molar-refractivity contribution is 0.0267. The molecule has 0 aromatic carbocycles. The van der Waals surface area contributed by atoms with Gasteiger partial charge in [-0.3, -0.25) is 4.90 Å². The monoisotopic (exact) mass is 219 g/mol. The third kappa shape index (κ3) is 6.10. The molecule has 4 nitrogen and oxygen atoms in total. The Morgan fingerprint density at radius 2 is 1.60 bits per heavy atom. The van der Waals surface area contributed by atoms with Crippen LogP contribution in [-0.4, -0.2) is 62.7 Å². The van der Waals surface area contributed by atoms with Gasteiger partial charge in [-0.15, -0.1) is 0 Å². The number of ether oxygens (including phenoxy) is 2. The molecule has 15 heavy (non-hydrogen) atoms. The third-order valence-electron chi connectivity index (χ3n) is 2.72. The van der Waals surface area contributed by atoms with E-state index in [1.807, 2.05) is 13.8 Å². The third-order valence-corrected chi connectivity index (χ3v) is 2.72. The summed E-state index contributed by atoms with van der Waals surface area (Å²) in [5.41, 5.74) is 0. The Labute approximate surface area is 93.2 Å². The first-order valence-corrected chi connectivity index (χ1v) is 5.57. The molecule has 2 unspecified atom stereocenters. The lowest BCUT2D eigenvalue weighted by Gasteiger charge is -2.31. The number of rotatable bonds is 9. The molecule has 0 saturated heterocycles. The maximum Gasteiger partial charge on any atom is 0.0690 e. The van der Waals surface area contributed by atoms with Gasteiger partial charge in [0.05, 0.1) is 19.3 Å². The molecule has 92 valence electrons. The minimum absolute atomic E-state index is 0.153. The zero-order chi connectivity index (χ0) is 11.7. The van der Waals surface area contributed by atoms with Gasteiger partial charge in [-0.05, 0) is 13.3 Å². The van der Waals surface area contributed by atoms with Crippen LogP contribution in [0.2, 0.25) is 0 Å². The van der Waals surface area contributed by atoms with Crippen molar-refractivity contribution in [3.8, 4) is 0 Å². The largest absolute Gasteiger partial charge is 0.392 e. The molecular weight excluding hydrogens is 194 g/mol. The molecule has 0 bridgehead atoms. The van der Waals surface area contributed by atoms with Gasteiger partial charge in [0, 0.05) is 33.4 Å². The van der Waals surface area contributed by atoms with Crippen molar-refractivity contribution in [3.63, 3.8) is 0 Å². The van der Waals surface area contributed by atoms with Crippen molar-refractivity contribution in [3.05, 3.63) is 0 Å². The predicted octanol–water partition coefficient (Wildman–Crippen LogP) is 0.741. The van der Waals surface area contributed by atoms with Gasteiger partial charge in [-0.2, -0.15) is 0 Å². The van der Waals surface area contributed by atoms with E-state index in [-0.39, 0.29) is 12.1 Å². The Kier molecular flexibility index (Phi) is 9.00. The van der Waals surface area contributed by atoms with E-state index >= 15 is 0 Å². The highest BCUT2D eigenvalue weighted by atomic mass is 16.5. The van der Waals surface area contributed by atoms with Gasteiger partial charge in [0.15, 0.2) is 0 Å². The minimum Gasteiger partial charge on any atom is -0.392 e. The molecular formula is C11H25NO3. The van der Waals surface area contributed by atoms with E-state index in [9.17, 15) is 5.11 Å². The second kappa shape index (κ2) is 9.09. The van der Waals surface area contributed by atoms with Crippen molar-refractivity contribution in [2.24, 2.45) is 0 Å². The van der Waals surface area contributed by atoms with Crippen LogP contribution >= 0.6 is 0 Å². The van der Waals surface area contributed by atoms with Gasteiger partial charge >= 0.3 is 0 Å². The van der Waals surface area contributed by atoms with Gasteiger partial charge < -0.3 is 14.6 Å². The van der Waals surface area contributed by atoms with E-state index < -0.39 is 0 Å². The van der Waals surface area contributed by atoms with Crippen LogP contribution in [0.15, 0.2) is 0 Å². The smallest absolute Gasteiger partial charge is 0.0690 e. The fraction of sp³-hybridized carbons (Fsp3) is 1.00. The van der Waals surface area contributed by atoms with Crippen molar-refractivity contribution in [2.75, 3.05) is 40.5 Å². The molecule has 0 aliphatic carbocycles. The summed E-state index contributed by atoms with van der Waals surface area (Å²) in [5.74, 6) is 0. The molecule has 0 rings (SSSR count). The van der Waals surface area contributed by atoms with Gasteiger partial charge in [0.1, 0.15) is 0 Å². The summed E-state index contributed by atoms with van der Waals surface area (Å²) >= 11 is 0. The summed E-state index contributed by atoms with van der Waals surface area (Å²) in [5, 5.41) is 9.77. The quantitative estimate of drug-likeness (QED) is 0.621. The minimum atomic E-state index is -0.279. The molecule has 0 heterocycles. The molecule has 0 spiro atoms. The highest BCUT2D eigenvalue weighted by molar-refractivity contribution is 4.73. The van der Waals surface area contributed by atoms with Crippen LogP contribution in [0, 0.1) is 0 Å². The maximum absolute atomic E-state index is 9.77. The molecule has 0 radical (unpaired) electrons. The summed E-state index contributed by atoms with van der Waals surface area (Å²) < 4.78 is 10.1. The molecule has 0 fully saturated rings. The molecule has 0 saturated carbocycles. The molecule has 0 aliphatic heterocycles. The van der Waals surface area contributed by atoms with Gasteiger partial charge in [0.2, 0.25) is 0 Å². The predicted molar refractivity (Wildman–Crippen MR) is 61.1 cm³/mol. The van der Waals surface area contributed by atoms with E-state index in [1.165, 1.54) is 0 Å². The molecule has 2 atom stereocenters. The Morgan fingerprint density at radius 3 is 1.93 bits per heavy atom. The standard InChI is InChI=1S/C11H25NO3/c1-5-11(13)10(2)12(6-8-14-3)7-9-15-4/h10-11,13H,5-9H2,1-4H3. The van der Waals surface area contributed by atoms with Crippen LogP contribution in [-0.2, 0) is 9.47 Å². The molecule has 4 heteroatoms. The molecule has 0 amide bonds. The number of hydrogen-bond acceptors (Lipinski definition) is 4. The number of aliphatic hydroxyl groups excluding tert-OH is 1. The average Bonchev–Trinajstić information content (AvgIpc) is 2.27. The number of methoxy groups -OCH3 is 2. The lowest BCUT2D eigenvalue weighted by Crippen LogP contribution is -2.44. The zero-order valence-electron chi connectivity index (χ0n) is 10.4. The second-order valence-corrected chi connectivity index (χ2v) is 3.74. The Balaban J connectivity index is 4.06. The second-order valence-electron chi connectivity index (χ2n) is 3.74. The SMILES string of the molecule is CCC(O)C(C)N(CCOC)CCOC. The first kappa shape index (κ1) is 14.8. The van der Waals surface area contributed by atoms with Crippen LogP contribution in [0.4, 0.5) is 0 Å². The molecule has 0 aromatic heterocycles. The first-order chi connectivity index (χ1) is 7.17. The van der Waals surface area contributed by atoms with Gasteiger partial charge in [-0.1, -0.05) is 6.92 Å². The fourth-order valence-corrected chi connectivity index (χ4v) is 1.52.